The highest BCUT2D eigenvalue weighted by Gasteiger charge is 2.51. The molecule has 0 saturated carbocycles. The molecule has 2 heterocycles. The zero-order valence-corrected chi connectivity index (χ0v) is 56.2. The molecule has 0 aromatic heterocycles. The maximum absolute atomic E-state index is 13.3. The second-order valence-electron chi connectivity index (χ2n) is 26.1. The van der Waals surface area contributed by atoms with E-state index in [-0.39, 0.29) is 18.9 Å². The monoisotopic (exact) mass is 1250 g/mol. The molecule has 0 aliphatic carbocycles. The minimum atomic E-state index is -1.79. The minimum Gasteiger partial charge on any atom is -0.394 e. The van der Waals surface area contributed by atoms with E-state index in [4.69, 9.17) is 18.9 Å². The molecule has 2 aliphatic heterocycles. The minimum absolute atomic E-state index is 0.244. The van der Waals surface area contributed by atoms with Crippen LogP contribution >= 0.6 is 0 Å². The maximum atomic E-state index is 13.3. The van der Waals surface area contributed by atoms with Crippen LogP contribution in [0.2, 0.25) is 0 Å². The average Bonchev–Trinajstić information content (AvgIpc) is 2.07. The SMILES string of the molecule is CCCCCCC/C=C\C/C=C\CCCCCCCCCCCCCCCCCCCC(=O)NC(COC1OC(CO)C(OC2OC(CO)C(O)C(O)C2O)C(O)C1O)C(O)/C=C/CC/C=C/CCCCCCCCCCCCCCCCCCCCC. The van der Waals surface area contributed by atoms with E-state index in [0.29, 0.717) is 12.8 Å². The van der Waals surface area contributed by atoms with Crippen LogP contribution in [0.5, 0.6) is 0 Å². The predicted molar refractivity (Wildman–Crippen MR) is 360 cm³/mol. The Bertz CT molecular complexity index is 1660. The van der Waals surface area contributed by atoms with E-state index in [0.717, 1.165) is 38.5 Å². The Hall–Kier alpha value is -2.05. The molecule has 1 amide bonds. The average molecular weight is 1250 g/mol. The van der Waals surface area contributed by atoms with E-state index in [1.54, 1.807) is 6.08 Å². The summed E-state index contributed by atoms with van der Waals surface area (Å²) in [6, 6.07) is -0.933. The van der Waals surface area contributed by atoms with Crippen molar-refractivity contribution in [2.75, 3.05) is 19.8 Å². The first-order valence-corrected chi connectivity index (χ1v) is 36.9. The van der Waals surface area contributed by atoms with Crippen molar-refractivity contribution in [2.45, 2.75) is 396 Å². The third-order valence-electron chi connectivity index (χ3n) is 18.0. The van der Waals surface area contributed by atoms with Crippen LogP contribution in [0.1, 0.15) is 322 Å². The van der Waals surface area contributed by atoms with Gasteiger partial charge in [0.25, 0.3) is 0 Å². The number of hydrogen-bond donors (Lipinski definition) is 9. The van der Waals surface area contributed by atoms with Gasteiger partial charge in [0.1, 0.15) is 48.8 Å². The number of allylic oxidation sites excluding steroid dienone is 7. The highest BCUT2D eigenvalue weighted by molar-refractivity contribution is 5.76. The largest absolute Gasteiger partial charge is 0.394 e. The smallest absolute Gasteiger partial charge is 0.220 e. The Kier molecular flexibility index (Phi) is 54.8. The van der Waals surface area contributed by atoms with Crippen molar-refractivity contribution in [3.63, 3.8) is 0 Å². The molecule has 12 atom stereocenters. The quantitative estimate of drug-likeness (QED) is 0.0204. The van der Waals surface area contributed by atoms with Gasteiger partial charge >= 0.3 is 0 Å². The van der Waals surface area contributed by atoms with Gasteiger partial charge in [0, 0.05) is 6.42 Å². The Morgan fingerprint density at radius 1 is 0.409 bits per heavy atom. The third kappa shape index (κ3) is 42.2. The Morgan fingerprint density at radius 2 is 0.761 bits per heavy atom. The Balaban J connectivity index is 1.67. The summed E-state index contributed by atoms with van der Waals surface area (Å²) >= 11 is 0. The van der Waals surface area contributed by atoms with Crippen molar-refractivity contribution >= 4 is 5.91 Å². The molecule has 2 aliphatic rings. The second kappa shape index (κ2) is 58.7. The zero-order valence-electron chi connectivity index (χ0n) is 56.2. The molecule has 0 aromatic carbocycles. The van der Waals surface area contributed by atoms with E-state index < -0.39 is 86.8 Å². The molecular weight excluding hydrogens is 1110 g/mol. The lowest BCUT2D eigenvalue weighted by molar-refractivity contribution is -0.359. The maximum Gasteiger partial charge on any atom is 0.220 e. The lowest BCUT2D eigenvalue weighted by Gasteiger charge is -2.46. The van der Waals surface area contributed by atoms with Gasteiger partial charge in [-0.25, -0.2) is 0 Å². The molecule has 14 nitrogen and oxygen atoms in total. The number of aliphatic hydroxyl groups is 8. The van der Waals surface area contributed by atoms with Crippen LogP contribution in [0.4, 0.5) is 0 Å². The summed E-state index contributed by atoms with van der Waals surface area (Å²) in [6.07, 6.45) is 60.3. The van der Waals surface area contributed by atoms with Gasteiger partial charge in [-0.05, 0) is 64.2 Å². The van der Waals surface area contributed by atoms with Crippen LogP contribution in [-0.4, -0.2) is 140 Å². The van der Waals surface area contributed by atoms with Crippen molar-refractivity contribution in [1.82, 2.24) is 5.32 Å². The fraction of sp³-hybridized carbons (Fsp3) is 0.878. The van der Waals surface area contributed by atoms with Crippen molar-refractivity contribution in [3.8, 4) is 0 Å². The summed E-state index contributed by atoms with van der Waals surface area (Å²) in [4.78, 5) is 13.3. The van der Waals surface area contributed by atoms with Crippen LogP contribution < -0.4 is 5.32 Å². The van der Waals surface area contributed by atoms with Gasteiger partial charge in [0.2, 0.25) is 5.91 Å². The Labute approximate surface area is 537 Å². The predicted octanol–water partition coefficient (Wildman–Crippen LogP) is 15.5. The first kappa shape index (κ1) is 82.0. The first-order chi connectivity index (χ1) is 43.1. The van der Waals surface area contributed by atoms with Crippen molar-refractivity contribution in [2.24, 2.45) is 0 Å². The van der Waals surface area contributed by atoms with Gasteiger partial charge in [0.15, 0.2) is 12.6 Å². The summed E-state index contributed by atoms with van der Waals surface area (Å²) in [5.74, 6) is -0.244. The van der Waals surface area contributed by atoms with Gasteiger partial charge in [-0.2, -0.15) is 0 Å². The van der Waals surface area contributed by atoms with E-state index in [1.807, 2.05) is 6.08 Å². The summed E-state index contributed by atoms with van der Waals surface area (Å²) in [7, 11) is 0. The molecule has 0 radical (unpaired) electrons. The number of hydrogen-bond acceptors (Lipinski definition) is 13. The lowest BCUT2D eigenvalue weighted by atomic mass is 9.97. The van der Waals surface area contributed by atoms with Crippen LogP contribution in [0, 0.1) is 0 Å². The van der Waals surface area contributed by atoms with E-state index >= 15 is 0 Å². The van der Waals surface area contributed by atoms with Gasteiger partial charge in [0.05, 0.1) is 32.0 Å². The van der Waals surface area contributed by atoms with Crippen molar-refractivity contribution in [3.05, 3.63) is 48.6 Å². The molecule has 0 bridgehead atoms. The Morgan fingerprint density at radius 3 is 1.18 bits per heavy atom. The third-order valence-corrected chi connectivity index (χ3v) is 18.0. The van der Waals surface area contributed by atoms with Crippen LogP contribution in [-0.2, 0) is 23.7 Å². The number of rotatable bonds is 61. The molecule has 2 rings (SSSR count). The molecule has 12 unspecified atom stereocenters. The molecule has 0 aromatic rings. The first-order valence-electron chi connectivity index (χ1n) is 36.9. The molecule has 14 heteroatoms. The molecular formula is C74H137NO13. The summed E-state index contributed by atoms with van der Waals surface area (Å²) in [6.45, 7) is 2.82. The van der Waals surface area contributed by atoms with E-state index in [2.05, 4.69) is 55.6 Å². The molecule has 2 fully saturated rings. The lowest BCUT2D eigenvalue weighted by Crippen LogP contribution is -2.65. The van der Waals surface area contributed by atoms with Gasteiger partial charge in [-0.3, -0.25) is 4.79 Å². The number of aliphatic hydroxyl groups excluding tert-OH is 8. The topological polar surface area (TPSA) is 228 Å². The van der Waals surface area contributed by atoms with Gasteiger partial charge in [-0.15, -0.1) is 0 Å². The standard InChI is InChI=1S/C74H137NO13/c1-3-5-7-9-11-13-15-17-19-21-23-25-27-29-30-31-32-34-36-38-40-42-44-46-48-50-52-54-56-58-66(79)75-62(61-85-73-71(84)69(82)72(65(60-77)87-73)88-74-70(83)68(81)67(80)64(59-76)86-74)63(78)57-55-53-51-49-47-45-43-41-39-37-35-33-28-26-24-22-20-18-16-14-12-10-8-6-4-2/h15,17,21,23,47,49,55,57,62-65,67-74,76-78,80-84H,3-14,16,18-20,22,24-46,48,50-54,56,58-61H2,1-2H3,(H,75,79)/b17-15-,23-21-,49-47+,57-55+. The number of amides is 1. The number of unbranched alkanes of at least 4 members (excludes halogenated alkanes) is 42. The number of ether oxygens (including phenoxy) is 4. The number of nitrogens with one attached hydrogen (secondary N) is 1. The van der Waals surface area contributed by atoms with E-state index in [1.165, 1.54) is 250 Å². The van der Waals surface area contributed by atoms with Crippen LogP contribution in [0.15, 0.2) is 48.6 Å². The van der Waals surface area contributed by atoms with Crippen LogP contribution in [0.3, 0.4) is 0 Å². The normalized spacial score (nSPS) is 23.4. The number of carbonyl (C=O) groups excluding carboxylic acids is 1. The highest BCUT2D eigenvalue weighted by atomic mass is 16.7. The molecule has 9 N–H and O–H groups in total. The number of carbonyl (C=O) groups is 1. The zero-order chi connectivity index (χ0) is 63.8. The van der Waals surface area contributed by atoms with Crippen molar-refractivity contribution < 1.29 is 64.6 Å². The summed E-state index contributed by atoms with van der Waals surface area (Å²) < 4.78 is 22.9. The molecule has 0 spiro atoms. The fourth-order valence-electron chi connectivity index (χ4n) is 12.1. The molecule has 2 saturated heterocycles. The summed E-state index contributed by atoms with van der Waals surface area (Å²) in [5, 5.41) is 87.5. The van der Waals surface area contributed by atoms with Gasteiger partial charge < -0.3 is 65.1 Å². The van der Waals surface area contributed by atoms with Crippen molar-refractivity contribution in [1.29, 1.82) is 0 Å². The van der Waals surface area contributed by atoms with Crippen LogP contribution in [0.25, 0.3) is 0 Å². The fourth-order valence-corrected chi connectivity index (χ4v) is 12.1. The highest BCUT2D eigenvalue weighted by Crippen LogP contribution is 2.30. The summed E-state index contributed by atoms with van der Waals surface area (Å²) in [5.41, 5.74) is 0. The molecule has 516 valence electrons. The van der Waals surface area contributed by atoms with E-state index in [9.17, 15) is 45.6 Å². The van der Waals surface area contributed by atoms with Gasteiger partial charge in [-0.1, -0.05) is 300 Å². The second-order valence-corrected chi connectivity index (χ2v) is 26.1. The molecule has 88 heavy (non-hydrogen) atoms.